The van der Waals surface area contributed by atoms with Gasteiger partial charge in [-0.05, 0) is 36.1 Å². The van der Waals surface area contributed by atoms with Crippen LogP contribution in [0.25, 0.3) is 0 Å². The lowest BCUT2D eigenvalue weighted by molar-refractivity contribution is -0.119. The van der Waals surface area contributed by atoms with Gasteiger partial charge in [-0.3, -0.25) is 9.59 Å². The van der Waals surface area contributed by atoms with Crippen molar-refractivity contribution < 1.29 is 9.59 Å². The van der Waals surface area contributed by atoms with Crippen LogP contribution in [0, 0.1) is 5.92 Å². The summed E-state index contributed by atoms with van der Waals surface area (Å²) in [6.45, 7) is 0. The molecule has 1 aliphatic heterocycles. The summed E-state index contributed by atoms with van der Waals surface area (Å²) in [5.74, 6) is 0.664. The number of benzene rings is 1. The molecule has 4 rings (SSSR count). The second-order valence-electron chi connectivity index (χ2n) is 7.79. The van der Waals surface area contributed by atoms with Crippen molar-refractivity contribution >= 4 is 29.1 Å². The third-order valence-electron chi connectivity index (χ3n) is 5.55. The fourth-order valence-corrected chi connectivity index (χ4v) is 4.01. The number of hydrogen-bond acceptors (Lipinski definition) is 5. The number of aromatic nitrogens is 2. The Kier molecular flexibility index (Phi) is 4.98. The zero-order valence-electron chi connectivity index (χ0n) is 16.2. The summed E-state index contributed by atoms with van der Waals surface area (Å²) in [4.78, 5) is 35.3. The normalized spacial score (nSPS) is 19.1. The maximum Gasteiger partial charge on any atom is 0.227 e. The molecule has 2 N–H and O–H groups in total. The molecule has 7 nitrogen and oxygen atoms in total. The number of rotatable bonds is 4. The largest absolute Gasteiger partial charge is 0.347 e. The molecule has 1 aromatic carbocycles. The van der Waals surface area contributed by atoms with E-state index in [-0.39, 0.29) is 23.7 Å². The van der Waals surface area contributed by atoms with Crippen molar-refractivity contribution in [2.24, 2.45) is 5.92 Å². The fourth-order valence-electron chi connectivity index (χ4n) is 4.01. The van der Waals surface area contributed by atoms with Gasteiger partial charge in [0.05, 0.1) is 0 Å². The molecule has 1 aliphatic carbocycles. The summed E-state index contributed by atoms with van der Waals surface area (Å²) in [6, 6.07) is 5.73. The molecule has 146 valence electrons. The summed E-state index contributed by atoms with van der Waals surface area (Å²) in [6.07, 6.45) is 8.07. The standard InChI is InChI=1S/C21H25N5O2/c1-26(2)21-22-11-14(12-23-21)17-10-19(27)25-18-9-15(7-8-16(17)18)24-20(28)13-5-3-4-6-13/h7-9,11-13,17H,3-6,10H2,1-2H3,(H,24,28)(H,25,27). The van der Waals surface area contributed by atoms with Crippen LogP contribution in [0.2, 0.25) is 0 Å². The van der Waals surface area contributed by atoms with Gasteiger partial charge in [0, 0.05) is 56.1 Å². The quantitative estimate of drug-likeness (QED) is 0.852. The number of anilines is 3. The minimum absolute atomic E-state index is 0.0477. The fraction of sp³-hybridized carbons (Fsp3) is 0.429. The van der Waals surface area contributed by atoms with Gasteiger partial charge in [-0.15, -0.1) is 0 Å². The van der Waals surface area contributed by atoms with Crippen molar-refractivity contribution in [1.29, 1.82) is 0 Å². The third-order valence-corrected chi connectivity index (χ3v) is 5.55. The first-order chi connectivity index (χ1) is 13.5. The summed E-state index contributed by atoms with van der Waals surface area (Å²) in [7, 11) is 3.78. The molecule has 0 spiro atoms. The summed E-state index contributed by atoms with van der Waals surface area (Å²) >= 11 is 0. The van der Waals surface area contributed by atoms with Gasteiger partial charge in [-0.2, -0.15) is 0 Å². The van der Waals surface area contributed by atoms with Gasteiger partial charge in [0.1, 0.15) is 0 Å². The molecule has 1 fully saturated rings. The SMILES string of the molecule is CN(C)c1ncc(C2CC(=O)Nc3cc(NC(=O)C4CCCC4)ccc32)cn1. The number of fused-ring (bicyclic) bond motifs is 1. The first-order valence-electron chi connectivity index (χ1n) is 9.75. The van der Waals surface area contributed by atoms with Crippen molar-refractivity contribution in [2.45, 2.75) is 38.0 Å². The van der Waals surface area contributed by atoms with Crippen LogP contribution < -0.4 is 15.5 Å². The Balaban J connectivity index is 1.58. The van der Waals surface area contributed by atoms with E-state index >= 15 is 0 Å². The molecule has 1 unspecified atom stereocenters. The van der Waals surface area contributed by atoms with Gasteiger partial charge in [-0.25, -0.2) is 9.97 Å². The van der Waals surface area contributed by atoms with Crippen LogP contribution in [0.15, 0.2) is 30.6 Å². The van der Waals surface area contributed by atoms with Gasteiger partial charge in [0.15, 0.2) is 0 Å². The average Bonchev–Trinajstić information content (AvgIpc) is 3.22. The molecule has 28 heavy (non-hydrogen) atoms. The molecule has 0 radical (unpaired) electrons. The van der Waals surface area contributed by atoms with Crippen LogP contribution in [-0.4, -0.2) is 35.9 Å². The van der Waals surface area contributed by atoms with Gasteiger partial charge in [0.25, 0.3) is 0 Å². The lowest BCUT2D eigenvalue weighted by Crippen LogP contribution is -2.25. The Labute approximate surface area is 164 Å². The van der Waals surface area contributed by atoms with Crippen molar-refractivity contribution in [3.8, 4) is 0 Å². The second kappa shape index (κ2) is 7.58. The second-order valence-corrected chi connectivity index (χ2v) is 7.79. The molecule has 2 aromatic rings. The number of carbonyl (C=O) groups excluding carboxylic acids is 2. The first kappa shape index (κ1) is 18.4. The highest BCUT2D eigenvalue weighted by molar-refractivity contribution is 5.98. The van der Waals surface area contributed by atoms with Crippen molar-refractivity contribution in [1.82, 2.24) is 9.97 Å². The van der Waals surface area contributed by atoms with E-state index in [1.807, 2.05) is 37.2 Å². The number of nitrogens with zero attached hydrogens (tertiary/aromatic N) is 3. The number of nitrogens with one attached hydrogen (secondary N) is 2. The van der Waals surface area contributed by atoms with Crippen LogP contribution >= 0.6 is 0 Å². The van der Waals surface area contributed by atoms with Crippen LogP contribution in [0.4, 0.5) is 17.3 Å². The van der Waals surface area contributed by atoms with E-state index < -0.39 is 0 Å². The number of hydrogen-bond donors (Lipinski definition) is 2. The molecular formula is C21H25N5O2. The topological polar surface area (TPSA) is 87.2 Å². The summed E-state index contributed by atoms with van der Waals surface area (Å²) < 4.78 is 0. The molecule has 7 heteroatoms. The molecule has 1 saturated carbocycles. The van der Waals surface area contributed by atoms with Gasteiger partial charge < -0.3 is 15.5 Å². The summed E-state index contributed by atoms with van der Waals surface area (Å²) in [5.41, 5.74) is 3.38. The van der Waals surface area contributed by atoms with Crippen molar-refractivity contribution in [3.05, 3.63) is 41.7 Å². The van der Waals surface area contributed by atoms with E-state index in [1.165, 1.54) is 0 Å². The van der Waals surface area contributed by atoms with Crippen LogP contribution in [0.3, 0.4) is 0 Å². The smallest absolute Gasteiger partial charge is 0.227 e. The zero-order valence-corrected chi connectivity index (χ0v) is 16.2. The lowest BCUT2D eigenvalue weighted by atomic mass is 9.86. The highest BCUT2D eigenvalue weighted by atomic mass is 16.2. The highest BCUT2D eigenvalue weighted by Crippen LogP contribution is 2.38. The van der Waals surface area contributed by atoms with E-state index in [0.717, 1.165) is 48.2 Å². The Hall–Kier alpha value is -2.96. The Morgan fingerprint density at radius 1 is 1.18 bits per heavy atom. The Morgan fingerprint density at radius 2 is 1.89 bits per heavy atom. The molecular weight excluding hydrogens is 354 g/mol. The van der Waals surface area contributed by atoms with E-state index in [0.29, 0.717) is 12.4 Å². The molecule has 2 amide bonds. The molecule has 2 heterocycles. The predicted octanol–water partition coefficient (Wildman–Crippen LogP) is 3.15. The van der Waals surface area contributed by atoms with E-state index in [2.05, 4.69) is 20.6 Å². The average molecular weight is 379 g/mol. The summed E-state index contributed by atoms with van der Waals surface area (Å²) in [5, 5.41) is 5.94. The van der Waals surface area contributed by atoms with Gasteiger partial charge in [0.2, 0.25) is 17.8 Å². The Morgan fingerprint density at radius 3 is 2.57 bits per heavy atom. The lowest BCUT2D eigenvalue weighted by Gasteiger charge is -2.26. The van der Waals surface area contributed by atoms with Gasteiger partial charge >= 0.3 is 0 Å². The molecule has 1 atom stereocenters. The van der Waals surface area contributed by atoms with Crippen molar-refractivity contribution in [3.63, 3.8) is 0 Å². The third kappa shape index (κ3) is 3.69. The van der Waals surface area contributed by atoms with E-state index in [9.17, 15) is 9.59 Å². The molecule has 2 aliphatic rings. The predicted molar refractivity (Wildman–Crippen MR) is 108 cm³/mol. The van der Waals surface area contributed by atoms with E-state index in [1.54, 1.807) is 12.4 Å². The van der Waals surface area contributed by atoms with Gasteiger partial charge in [-0.1, -0.05) is 18.9 Å². The zero-order chi connectivity index (χ0) is 19.7. The molecule has 0 saturated heterocycles. The van der Waals surface area contributed by atoms with Crippen molar-refractivity contribution in [2.75, 3.05) is 29.6 Å². The Bertz CT molecular complexity index is 888. The number of amides is 2. The molecule has 0 bridgehead atoms. The first-order valence-corrected chi connectivity index (χ1v) is 9.75. The minimum Gasteiger partial charge on any atom is -0.347 e. The highest BCUT2D eigenvalue weighted by Gasteiger charge is 2.28. The maximum absolute atomic E-state index is 12.4. The van der Waals surface area contributed by atoms with Crippen LogP contribution in [-0.2, 0) is 9.59 Å². The maximum atomic E-state index is 12.4. The van der Waals surface area contributed by atoms with Crippen LogP contribution in [0.5, 0.6) is 0 Å². The van der Waals surface area contributed by atoms with Crippen LogP contribution in [0.1, 0.15) is 49.1 Å². The van der Waals surface area contributed by atoms with E-state index in [4.69, 9.17) is 0 Å². The minimum atomic E-state index is -0.0976. The monoisotopic (exact) mass is 379 g/mol. The number of carbonyl (C=O) groups is 2. The molecule has 1 aromatic heterocycles.